The monoisotopic (exact) mass is 463 g/mol. The zero-order chi connectivity index (χ0) is 22.5. The third-order valence-corrected chi connectivity index (χ3v) is 6.25. The van der Waals surface area contributed by atoms with E-state index in [-0.39, 0.29) is 0 Å². The number of thioether (sulfide) groups is 1. The lowest BCUT2D eigenvalue weighted by atomic mass is 10.1. The van der Waals surface area contributed by atoms with E-state index in [0.717, 1.165) is 27.6 Å². The second-order valence-corrected chi connectivity index (χ2v) is 8.72. The largest absolute Gasteiger partial charge is 0.487 e. The van der Waals surface area contributed by atoms with Crippen molar-refractivity contribution in [1.82, 2.24) is 4.98 Å². The van der Waals surface area contributed by atoms with Crippen molar-refractivity contribution in [1.29, 1.82) is 0 Å². The van der Waals surface area contributed by atoms with E-state index in [1.54, 1.807) is 0 Å². The summed E-state index contributed by atoms with van der Waals surface area (Å²) >= 11 is 7.47. The molecule has 0 aliphatic rings. The summed E-state index contributed by atoms with van der Waals surface area (Å²) in [6.45, 7) is 2.37. The number of para-hydroxylation sites is 1. The van der Waals surface area contributed by atoms with Gasteiger partial charge in [-0.05, 0) is 42.3 Å². The molecule has 0 saturated carbocycles. The molecule has 0 spiro atoms. The fraction of sp³-hybridized carbons (Fsp3) is 0.154. The van der Waals surface area contributed by atoms with Gasteiger partial charge in [-0.25, -0.2) is 9.78 Å². The molecule has 4 rings (SSSR count). The molecule has 6 heteroatoms. The first-order valence-corrected chi connectivity index (χ1v) is 11.5. The molecule has 3 aromatic carbocycles. The van der Waals surface area contributed by atoms with E-state index in [9.17, 15) is 4.79 Å². The predicted molar refractivity (Wildman–Crippen MR) is 130 cm³/mol. The van der Waals surface area contributed by atoms with Crippen molar-refractivity contribution in [2.45, 2.75) is 24.3 Å². The number of carbonyl (C=O) groups is 1. The Labute approximate surface area is 196 Å². The molecule has 162 valence electrons. The van der Waals surface area contributed by atoms with Crippen LogP contribution in [0.1, 0.15) is 27.0 Å². The van der Waals surface area contributed by atoms with Crippen LogP contribution >= 0.6 is 23.4 Å². The van der Waals surface area contributed by atoms with Gasteiger partial charge in [0.1, 0.15) is 22.9 Å². The number of esters is 1. The highest BCUT2D eigenvalue weighted by molar-refractivity contribution is 7.98. The number of fused-ring (bicyclic) bond motifs is 1. The summed E-state index contributed by atoms with van der Waals surface area (Å²) in [6, 6.07) is 23.4. The SMILES string of the molecule is COC(=O)c1c(SCc2ccc(Cl)cc2)nc2ccccc2c1OCc1cccc(C)c1. The van der Waals surface area contributed by atoms with Gasteiger partial charge in [0.15, 0.2) is 0 Å². The van der Waals surface area contributed by atoms with Gasteiger partial charge in [0.05, 0.1) is 12.6 Å². The van der Waals surface area contributed by atoms with Gasteiger partial charge >= 0.3 is 5.97 Å². The maximum absolute atomic E-state index is 12.8. The molecule has 4 aromatic rings. The third kappa shape index (κ3) is 5.06. The van der Waals surface area contributed by atoms with E-state index >= 15 is 0 Å². The highest BCUT2D eigenvalue weighted by atomic mass is 35.5. The Morgan fingerprint density at radius 1 is 1.00 bits per heavy atom. The van der Waals surface area contributed by atoms with Crippen molar-refractivity contribution in [3.8, 4) is 5.75 Å². The number of hydrogen-bond donors (Lipinski definition) is 0. The number of aromatic nitrogens is 1. The maximum Gasteiger partial charge on any atom is 0.344 e. The Balaban J connectivity index is 1.74. The molecule has 1 heterocycles. The summed E-state index contributed by atoms with van der Waals surface area (Å²) in [5.41, 5.74) is 4.36. The van der Waals surface area contributed by atoms with Crippen LogP contribution in [0.25, 0.3) is 10.9 Å². The molecule has 0 bridgehead atoms. The van der Waals surface area contributed by atoms with Crippen LogP contribution in [0.4, 0.5) is 0 Å². The van der Waals surface area contributed by atoms with Gasteiger partial charge in [0.2, 0.25) is 0 Å². The number of hydrogen-bond acceptors (Lipinski definition) is 5. The van der Waals surface area contributed by atoms with Crippen LogP contribution in [0.15, 0.2) is 77.8 Å². The molecule has 0 atom stereocenters. The first kappa shape index (κ1) is 22.2. The normalized spacial score (nSPS) is 10.8. The van der Waals surface area contributed by atoms with Crippen LogP contribution in [0.3, 0.4) is 0 Å². The smallest absolute Gasteiger partial charge is 0.344 e. The molecule has 1 aromatic heterocycles. The number of nitrogens with zero attached hydrogens (tertiary/aromatic N) is 1. The molecule has 0 N–H and O–H groups in total. The van der Waals surface area contributed by atoms with E-state index in [4.69, 9.17) is 26.1 Å². The Hall–Kier alpha value is -3.02. The van der Waals surface area contributed by atoms with Crippen LogP contribution in [-0.2, 0) is 17.1 Å². The van der Waals surface area contributed by atoms with Crippen LogP contribution < -0.4 is 4.74 Å². The topological polar surface area (TPSA) is 48.4 Å². The van der Waals surface area contributed by atoms with E-state index in [1.807, 2.05) is 73.7 Å². The molecule has 4 nitrogen and oxygen atoms in total. The third-order valence-electron chi connectivity index (χ3n) is 4.96. The number of pyridine rings is 1. The zero-order valence-electron chi connectivity index (χ0n) is 17.8. The number of carbonyl (C=O) groups excluding carboxylic acids is 1. The maximum atomic E-state index is 12.8. The van der Waals surface area contributed by atoms with Crippen molar-refractivity contribution >= 4 is 40.2 Å². The van der Waals surface area contributed by atoms with Crippen LogP contribution in [0, 0.1) is 6.92 Å². The first-order valence-electron chi connectivity index (χ1n) is 10.1. The Kier molecular flexibility index (Phi) is 6.98. The van der Waals surface area contributed by atoms with Crippen molar-refractivity contribution in [2.24, 2.45) is 0 Å². The van der Waals surface area contributed by atoms with Crippen molar-refractivity contribution in [2.75, 3.05) is 7.11 Å². The fourth-order valence-electron chi connectivity index (χ4n) is 3.39. The molecule has 32 heavy (non-hydrogen) atoms. The lowest BCUT2D eigenvalue weighted by molar-refractivity contribution is 0.0590. The molecule has 0 fully saturated rings. The molecule has 0 amide bonds. The Morgan fingerprint density at radius 3 is 2.53 bits per heavy atom. The van der Waals surface area contributed by atoms with Gasteiger partial charge in [-0.2, -0.15) is 0 Å². The summed E-state index contributed by atoms with van der Waals surface area (Å²) in [5, 5.41) is 2.03. The highest BCUT2D eigenvalue weighted by Crippen LogP contribution is 2.37. The quantitative estimate of drug-likeness (QED) is 0.221. The average Bonchev–Trinajstić information content (AvgIpc) is 2.81. The molecule has 0 radical (unpaired) electrons. The molecular weight excluding hydrogens is 442 g/mol. The van der Waals surface area contributed by atoms with E-state index in [1.165, 1.54) is 18.9 Å². The second-order valence-electron chi connectivity index (χ2n) is 7.32. The van der Waals surface area contributed by atoms with E-state index < -0.39 is 5.97 Å². The first-order chi connectivity index (χ1) is 15.5. The lowest BCUT2D eigenvalue weighted by Crippen LogP contribution is -2.10. The summed E-state index contributed by atoms with van der Waals surface area (Å²) < 4.78 is 11.4. The second kappa shape index (κ2) is 10.1. The van der Waals surface area contributed by atoms with Crippen molar-refractivity contribution < 1.29 is 14.3 Å². The predicted octanol–water partition coefficient (Wildman–Crippen LogP) is 6.85. The van der Waals surface area contributed by atoms with Crippen LogP contribution in [0.2, 0.25) is 5.02 Å². The minimum atomic E-state index is -0.471. The molecular formula is C26H22ClNO3S. The number of halogens is 1. The number of ether oxygens (including phenoxy) is 2. The van der Waals surface area contributed by atoms with Gasteiger partial charge in [0.25, 0.3) is 0 Å². The summed E-state index contributed by atoms with van der Waals surface area (Å²) in [4.78, 5) is 17.6. The summed E-state index contributed by atoms with van der Waals surface area (Å²) in [7, 11) is 1.37. The molecule has 0 aliphatic carbocycles. The number of rotatable bonds is 7. The summed E-state index contributed by atoms with van der Waals surface area (Å²) in [6.07, 6.45) is 0. The lowest BCUT2D eigenvalue weighted by Gasteiger charge is -2.16. The molecule has 0 unspecified atom stereocenters. The summed E-state index contributed by atoms with van der Waals surface area (Å²) in [5.74, 6) is 0.646. The van der Waals surface area contributed by atoms with Crippen LogP contribution in [-0.4, -0.2) is 18.1 Å². The van der Waals surface area contributed by atoms with Crippen LogP contribution in [0.5, 0.6) is 5.75 Å². The average molecular weight is 464 g/mol. The Bertz CT molecular complexity index is 1260. The highest BCUT2D eigenvalue weighted by Gasteiger charge is 2.24. The van der Waals surface area contributed by atoms with Crippen molar-refractivity contribution in [3.63, 3.8) is 0 Å². The minimum Gasteiger partial charge on any atom is -0.487 e. The Morgan fingerprint density at radius 2 is 1.78 bits per heavy atom. The standard InChI is InChI=1S/C26H22ClNO3S/c1-17-6-5-7-19(14-17)15-31-24-21-8-3-4-9-22(21)28-25(23(24)26(29)30-2)32-16-18-10-12-20(27)13-11-18/h3-14H,15-16H2,1-2H3. The fourth-order valence-corrected chi connectivity index (χ4v) is 4.49. The van der Waals surface area contributed by atoms with E-state index in [2.05, 4.69) is 6.07 Å². The van der Waals surface area contributed by atoms with Gasteiger partial charge < -0.3 is 9.47 Å². The number of methoxy groups -OCH3 is 1. The van der Waals surface area contributed by atoms with Gasteiger partial charge in [0, 0.05) is 16.2 Å². The number of aryl methyl sites for hydroxylation is 1. The zero-order valence-corrected chi connectivity index (χ0v) is 19.4. The number of benzene rings is 3. The molecule has 0 aliphatic heterocycles. The van der Waals surface area contributed by atoms with Gasteiger partial charge in [-0.15, -0.1) is 11.8 Å². The van der Waals surface area contributed by atoms with Gasteiger partial charge in [-0.1, -0.05) is 65.7 Å². The molecule has 0 saturated heterocycles. The van der Waals surface area contributed by atoms with Crippen molar-refractivity contribution in [3.05, 3.63) is 100 Å². The van der Waals surface area contributed by atoms with Gasteiger partial charge in [-0.3, -0.25) is 0 Å². The minimum absolute atomic E-state index is 0.334. The van der Waals surface area contributed by atoms with E-state index in [0.29, 0.717) is 33.7 Å².